The van der Waals surface area contributed by atoms with E-state index in [0.29, 0.717) is 5.56 Å². The molecule has 2 aliphatic heterocycles. The van der Waals surface area contributed by atoms with Crippen LogP contribution in [0.1, 0.15) is 12.5 Å². The molecule has 2 heterocycles. The van der Waals surface area contributed by atoms with Crippen molar-refractivity contribution in [2.45, 2.75) is 43.9 Å². The molecule has 0 unspecified atom stereocenters. The van der Waals surface area contributed by atoms with Crippen LogP contribution in [0.5, 0.6) is 5.75 Å². The van der Waals surface area contributed by atoms with Crippen molar-refractivity contribution in [3.05, 3.63) is 29.8 Å². The lowest BCUT2D eigenvalue weighted by molar-refractivity contribution is -0.319. The summed E-state index contributed by atoms with van der Waals surface area (Å²) in [5, 5.41) is 30.0. The van der Waals surface area contributed by atoms with Gasteiger partial charge in [0.05, 0.1) is 6.61 Å². The minimum Gasteiger partial charge on any atom is -0.507 e. The highest BCUT2D eigenvalue weighted by Crippen LogP contribution is 2.28. The van der Waals surface area contributed by atoms with E-state index in [1.807, 2.05) is 0 Å². The Labute approximate surface area is 127 Å². The first kappa shape index (κ1) is 15.4. The first-order valence-electron chi connectivity index (χ1n) is 7.16. The largest absolute Gasteiger partial charge is 0.507 e. The summed E-state index contributed by atoms with van der Waals surface area (Å²) in [5.74, 6) is 0.0770. The maximum atomic E-state index is 10.2. The average molecular weight is 309 g/mol. The van der Waals surface area contributed by atoms with Gasteiger partial charge in [0.15, 0.2) is 12.5 Å². The van der Waals surface area contributed by atoms with E-state index in [-0.39, 0.29) is 12.4 Å². The molecular formula is C15H19NO6. The molecule has 2 saturated heterocycles. The van der Waals surface area contributed by atoms with Gasteiger partial charge in [-0.15, -0.1) is 0 Å². The fourth-order valence-electron chi connectivity index (χ4n) is 2.59. The molecule has 1 aromatic carbocycles. The zero-order valence-electron chi connectivity index (χ0n) is 12.1. The summed E-state index contributed by atoms with van der Waals surface area (Å²) in [6.45, 7) is 1.98. The number of aliphatic hydroxyl groups excluding tert-OH is 2. The zero-order valence-corrected chi connectivity index (χ0v) is 12.1. The number of phenols is 1. The molecule has 0 radical (unpaired) electrons. The highest BCUT2D eigenvalue weighted by atomic mass is 16.7. The molecule has 2 aliphatic rings. The average Bonchev–Trinajstić information content (AvgIpc) is 2.51. The van der Waals surface area contributed by atoms with Crippen molar-refractivity contribution in [3.8, 4) is 5.75 Å². The number of phenolic OH excluding ortho intramolecular Hbond substituents is 1. The molecule has 3 N–H and O–H groups in total. The Kier molecular flexibility index (Phi) is 4.42. The van der Waals surface area contributed by atoms with Crippen molar-refractivity contribution in [2.24, 2.45) is 4.99 Å². The quantitative estimate of drug-likeness (QED) is 0.666. The molecule has 7 heteroatoms. The number of benzene rings is 1. The minimum absolute atomic E-state index is 0.0770. The molecule has 0 spiro atoms. The number of para-hydroxylation sites is 1. The first-order chi connectivity index (χ1) is 10.6. The van der Waals surface area contributed by atoms with E-state index in [4.69, 9.17) is 14.2 Å². The molecule has 7 nitrogen and oxygen atoms in total. The van der Waals surface area contributed by atoms with Crippen molar-refractivity contribution >= 4 is 6.21 Å². The van der Waals surface area contributed by atoms with Gasteiger partial charge in [-0.2, -0.15) is 0 Å². The number of rotatable bonds is 2. The molecule has 2 fully saturated rings. The van der Waals surface area contributed by atoms with Crippen molar-refractivity contribution in [1.29, 1.82) is 0 Å². The fraction of sp³-hybridized carbons (Fsp3) is 0.533. The second-order valence-electron chi connectivity index (χ2n) is 5.38. The van der Waals surface area contributed by atoms with Crippen LogP contribution in [-0.2, 0) is 14.2 Å². The second kappa shape index (κ2) is 6.31. The summed E-state index contributed by atoms with van der Waals surface area (Å²) in [6, 6.07) is 6.68. The van der Waals surface area contributed by atoms with E-state index in [1.165, 1.54) is 12.3 Å². The van der Waals surface area contributed by atoms with Crippen LogP contribution >= 0.6 is 0 Å². The van der Waals surface area contributed by atoms with Gasteiger partial charge < -0.3 is 29.5 Å². The van der Waals surface area contributed by atoms with Crippen molar-refractivity contribution in [2.75, 3.05) is 6.61 Å². The third-order valence-electron chi connectivity index (χ3n) is 3.80. The van der Waals surface area contributed by atoms with Gasteiger partial charge in [0.25, 0.3) is 0 Å². The molecule has 0 bridgehead atoms. The van der Waals surface area contributed by atoms with E-state index in [2.05, 4.69) is 4.99 Å². The summed E-state index contributed by atoms with van der Waals surface area (Å²) >= 11 is 0. The lowest BCUT2D eigenvalue weighted by Crippen LogP contribution is -2.62. The van der Waals surface area contributed by atoms with Gasteiger partial charge in [-0.1, -0.05) is 12.1 Å². The predicted molar refractivity (Wildman–Crippen MR) is 76.7 cm³/mol. The highest BCUT2D eigenvalue weighted by molar-refractivity contribution is 5.83. The van der Waals surface area contributed by atoms with Gasteiger partial charge in [-0.3, -0.25) is 4.99 Å². The summed E-state index contributed by atoms with van der Waals surface area (Å²) in [7, 11) is 0. The van der Waals surface area contributed by atoms with E-state index < -0.39 is 36.9 Å². The molecule has 1 aromatic rings. The lowest BCUT2D eigenvalue weighted by atomic mass is 9.97. The molecule has 22 heavy (non-hydrogen) atoms. The molecule has 0 aromatic heterocycles. The van der Waals surface area contributed by atoms with Crippen molar-refractivity contribution in [1.82, 2.24) is 0 Å². The van der Waals surface area contributed by atoms with E-state index in [9.17, 15) is 15.3 Å². The SMILES string of the molecule is C[C@@H]1OC[C@H]2O[C@@H](/N=C/c3ccccc3O)[C@H](O)[C@@H](O)[C@@H]2O1. The van der Waals surface area contributed by atoms with Gasteiger partial charge in [0, 0.05) is 11.8 Å². The van der Waals surface area contributed by atoms with Gasteiger partial charge in [-0.25, -0.2) is 0 Å². The maximum absolute atomic E-state index is 10.2. The highest BCUT2D eigenvalue weighted by Gasteiger charge is 2.47. The van der Waals surface area contributed by atoms with Crippen LogP contribution in [0.15, 0.2) is 29.3 Å². The van der Waals surface area contributed by atoms with Crippen LogP contribution in [0, 0.1) is 0 Å². The number of fused-ring (bicyclic) bond motifs is 1. The van der Waals surface area contributed by atoms with Crippen molar-refractivity contribution < 1.29 is 29.5 Å². The first-order valence-corrected chi connectivity index (χ1v) is 7.16. The van der Waals surface area contributed by atoms with Crippen LogP contribution in [-0.4, -0.2) is 65.1 Å². The normalized spacial score (nSPS) is 38.9. The van der Waals surface area contributed by atoms with E-state index in [0.717, 1.165) is 0 Å². The summed E-state index contributed by atoms with van der Waals surface area (Å²) in [5.41, 5.74) is 0.500. The number of ether oxygens (including phenoxy) is 3. The number of aliphatic hydroxyl groups is 2. The van der Waals surface area contributed by atoms with Crippen LogP contribution in [0.4, 0.5) is 0 Å². The summed E-state index contributed by atoms with van der Waals surface area (Å²) < 4.78 is 16.4. The van der Waals surface area contributed by atoms with E-state index in [1.54, 1.807) is 25.1 Å². The lowest BCUT2D eigenvalue weighted by Gasteiger charge is -2.44. The number of aromatic hydroxyl groups is 1. The Balaban J connectivity index is 1.74. The topological polar surface area (TPSA) is 101 Å². The fourth-order valence-corrected chi connectivity index (χ4v) is 2.59. The molecule has 3 rings (SSSR count). The van der Waals surface area contributed by atoms with Crippen LogP contribution in [0.25, 0.3) is 0 Å². The Morgan fingerprint density at radius 2 is 1.95 bits per heavy atom. The Hall–Kier alpha value is -1.51. The predicted octanol–water partition coefficient (Wildman–Crippen LogP) is 0.0192. The van der Waals surface area contributed by atoms with Crippen LogP contribution < -0.4 is 0 Å². The number of hydrogen-bond donors (Lipinski definition) is 3. The van der Waals surface area contributed by atoms with Crippen molar-refractivity contribution in [3.63, 3.8) is 0 Å². The van der Waals surface area contributed by atoms with Gasteiger partial charge in [0.1, 0.15) is 30.2 Å². The monoisotopic (exact) mass is 309 g/mol. The Morgan fingerprint density at radius 1 is 1.18 bits per heavy atom. The zero-order chi connectivity index (χ0) is 15.7. The van der Waals surface area contributed by atoms with Gasteiger partial charge in [0.2, 0.25) is 0 Å². The number of hydrogen-bond acceptors (Lipinski definition) is 7. The third kappa shape index (κ3) is 2.99. The third-order valence-corrected chi connectivity index (χ3v) is 3.80. The number of aliphatic imine (C=N–C) groups is 1. The Bertz CT molecular complexity index is 549. The maximum Gasteiger partial charge on any atom is 0.177 e. The Morgan fingerprint density at radius 3 is 2.73 bits per heavy atom. The van der Waals surface area contributed by atoms with Crippen LogP contribution in [0.2, 0.25) is 0 Å². The number of nitrogens with zero attached hydrogens (tertiary/aromatic N) is 1. The molecule has 6 atom stereocenters. The summed E-state index contributed by atoms with van der Waals surface area (Å²) in [6.07, 6.45) is -3.46. The van der Waals surface area contributed by atoms with Crippen LogP contribution in [0.3, 0.4) is 0 Å². The second-order valence-corrected chi connectivity index (χ2v) is 5.38. The van der Waals surface area contributed by atoms with Gasteiger partial charge in [-0.05, 0) is 19.1 Å². The molecule has 0 saturated carbocycles. The molecule has 120 valence electrons. The van der Waals surface area contributed by atoms with Gasteiger partial charge >= 0.3 is 0 Å². The minimum atomic E-state index is -1.21. The molecule has 0 amide bonds. The standard InChI is InChI=1S/C15H19NO6/c1-8-20-7-11-14(21-8)12(18)13(19)15(22-11)16-6-9-4-2-3-5-10(9)17/h2-6,8,11-15,17-19H,7H2,1H3/b16-6+/t8-,11-,12-,13-,14-,15-/m1/s1. The van der Waals surface area contributed by atoms with E-state index >= 15 is 0 Å². The molecular weight excluding hydrogens is 290 g/mol. The smallest absolute Gasteiger partial charge is 0.177 e. The molecule has 0 aliphatic carbocycles. The summed E-state index contributed by atoms with van der Waals surface area (Å²) in [4.78, 5) is 4.13.